The Labute approximate surface area is 141 Å². The molecular formula is C16H12BrClN2S. The van der Waals surface area contributed by atoms with Gasteiger partial charge < -0.3 is 0 Å². The van der Waals surface area contributed by atoms with Crippen molar-refractivity contribution >= 4 is 39.3 Å². The molecule has 0 aliphatic carbocycles. The molecule has 0 saturated heterocycles. The summed E-state index contributed by atoms with van der Waals surface area (Å²) < 4.78 is 2.97. The number of aromatic nitrogens is 2. The second kappa shape index (κ2) is 6.26. The number of nitrogens with zero attached hydrogens (tertiary/aromatic N) is 2. The van der Waals surface area contributed by atoms with Crippen LogP contribution < -0.4 is 0 Å². The van der Waals surface area contributed by atoms with E-state index < -0.39 is 0 Å². The van der Waals surface area contributed by atoms with Gasteiger partial charge in [0.05, 0.1) is 16.8 Å². The number of hydrogen-bond acceptors (Lipinski definition) is 2. The van der Waals surface area contributed by atoms with E-state index >= 15 is 0 Å². The van der Waals surface area contributed by atoms with Gasteiger partial charge in [-0.25, -0.2) is 0 Å². The summed E-state index contributed by atoms with van der Waals surface area (Å²) in [5.41, 5.74) is 2.26. The van der Waals surface area contributed by atoms with Gasteiger partial charge in [0, 0.05) is 27.0 Å². The van der Waals surface area contributed by atoms with E-state index in [1.165, 1.54) is 0 Å². The first-order chi connectivity index (χ1) is 10.1. The fourth-order valence-corrected chi connectivity index (χ4v) is 3.42. The highest BCUT2D eigenvalue weighted by atomic mass is 79.9. The first-order valence-electron chi connectivity index (χ1n) is 6.35. The fourth-order valence-electron chi connectivity index (χ4n) is 2.06. The number of halogens is 2. The summed E-state index contributed by atoms with van der Waals surface area (Å²) in [7, 11) is 1.96. The largest absolute Gasteiger partial charge is 0.267 e. The van der Waals surface area contributed by atoms with Gasteiger partial charge in [0.2, 0.25) is 0 Å². The highest BCUT2D eigenvalue weighted by molar-refractivity contribution is 9.10. The molecule has 0 saturated carbocycles. The lowest BCUT2D eigenvalue weighted by molar-refractivity contribution is 0.775. The first-order valence-corrected chi connectivity index (χ1v) is 8.33. The number of aryl methyl sites for hydroxylation is 1. The molecule has 0 aliphatic rings. The van der Waals surface area contributed by atoms with E-state index in [4.69, 9.17) is 11.6 Å². The third-order valence-electron chi connectivity index (χ3n) is 3.06. The molecule has 106 valence electrons. The lowest BCUT2D eigenvalue weighted by atomic mass is 10.1. The Morgan fingerprint density at radius 1 is 1.05 bits per heavy atom. The number of rotatable bonds is 3. The Morgan fingerprint density at radius 2 is 1.71 bits per heavy atom. The van der Waals surface area contributed by atoms with Crippen LogP contribution in [0.4, 0.5) is 0 Å². The standard InChI is InChI=1S/C16H12BrClN2S/c1-20-16(11-2-4-12(17)5-3-11)15(10-19-20)21-14-8-6-13(18)7-9-14/h2-10H,1H3. The zero-order chi connectivity index (χ0) is 14.8. The summed E-state index contributed by atoms with van der Waals surface area (Å²) in [4.78, 5) is 2.27. The van der Waals surface area contributed by atoms with E-state index in [0.717, 1.165) is 30.5 Å². The second-order valence-electron chi connectivity index (χ2n) is 4.54. The molecule has 5 heteroatoms. The van der Waals surface area contributed by atoms with Crippen LogP contribution in [0.2, 0.25) is 5.02 Å². The van der Waals surface area contributed by atoms with Crippen molar-refractivity contribution in [1.29, 1.82) is 0 Å². The van der Waals surface area contributed by atoms with Crippen LogP contribution in [0.15, 0.2) is 69.0 Å². The molecule has 3 aromatic rings. The third kappa shape index (κ3) is 3.34. The quantitative estimate of drug-likeness (QED) is 0.585. The van der Waals surface area contributed by atoms with Crippen molar-refractivity contribution in [3.63, 3.8) is 0 Å². The minimum Gasteiger partial charge on any atom is -0.267 e. The van der Waals surface area contributed by atoms with Crippen molar-refractivity contribution in [3.05, 3.63) is 64.2 Å². The van der Waals surface area contributed by atoms with Crippen LogP contribution in [0.3, 0.4) is 0 Å². The molecule has 3 rings (SSSR count). The molecule has 0 spiro atoms. The van der Waals surface area contributed by atoms with E-state index in [1.807, 2.05) is 54.3 Å². The molecule has 0 atom stereocenters. The maximum Gasteiger partial charge on any atom is 0.0818 e. The van der Waals surface area contributed by atoms with Crippen molar-refractivity contribution in [2.45, 2.75) is 9.79 Å². The maximum absolute atomic E-state index is 5.93. The second-order valence-corrected chi connectivity index (χ2v) is 7.01. The molecule has 2 nitrogen and oxygen atoms in total. The molecule has 0 fully saturated rings. The summed E-state index contributed by atoms with van der Waals surface area (Å²) in [5, 5.41) is 5.14. The van der Waals surface area contributed by atoms with Gasteiger partial charge in [0.25, 0.3) is 0 Å². The number of benzene rings is 2. The summed E-state index contributed by atoms with van der Waals surface area (Å²) >= 11 is 11.1. The van der Waals surface area contributed by atoms with E-state index in [9.17, 15) is 0 Å². The van der Waals surface area contributed by atoms with Crippen LogP contribution >= 0.6 is 39.3 Å². The lowest BCUT2D eigenvalue weighted by Crippen LogP contribution is -1.93. The predicted molar refractivity (Wildman–Crippen MR) is 91.9 cm³/mol. The molecule has 2 aromatic carbocycles. The van der Waals surface area contributed by atoms with Crippen molar-refractivity contribution in [3.8, 4) is 11.3 Å². The molecule has 21 heavy (non-hydrogen) atoms. The fraction of sp³-hybridized carbons (Fsp3) is 0.0625. The molecule has 0 N–H and O–H groups in total. The SMILES string of the molecule is Cn1ncc(Sc2ccc(Cl)cc2)c1-c1ccc(Br)cc1. The van der Waals surface area contributed by atoms with Crippen molar-refractivity contribution in [2.75, 3.05) is 0 Å². The summed E-state index contributed by atoms with van der Waals surface area (Å²) in [6, 6.07) is 16.1. The molecular weight excluding hydrogens is 368 g/mol. The highest BCUT2D eigenvalue weighted by Gasteiger charge is 2.12. The average Bonchev–Trinajstić information content (AvgIpc) is 2.83. The van der Waals surface area contributed by atoms with Gasteiger partial charge in [-0.1, -0.05) is 51.4 Å². The maximum atomic E-state index is 5.93. The minimum absolute atomic E-state index is 0.749. The van der Waals surface area contributed by atoms with Crippen LogP contribution in [0.25, 0.3) is 11.3 Å². The third-order valence-corrected chi connectivity index (χ3v) is 4.87. The van der Waals surface area contributed by atoms with Crippen molar-refractivity contribution < 1.29 is 0 Å². The monoisotopic (exact) mass is 378 g/mol. The van der Waals surface area contributed by atoms with E-state index in [2.05, 4.69) is 33.2 Å². The minimum atomic E-state index is 0.749. The zero-order valence-electron chi connectivity index (χ0n) is 11.3. The normalized spacial score (nSPS) is 10.8. The number of hydrogen-bond donors (Lipinski definition) is 0. The molecule has 0 bridgehead atoms. The zero-order valence-corrected chi connectivity index (χ0v) is 14.4. The van der Waals surface area contributed by atoms with Gasteiger partial charge in [-0.3, -0.25) is 4.68 Å². The Morgan fingerprint density at radius 3 is 2.38 bits per heavy atom. The van der Waals surface area contributed by atoms with E-state index in [1.54, 1.807) is 11.8 Å². The summed E-state index contributed by atoms with van der Waals surface area (Å²) in [5.74, 6) is 0. The van der Waals surface area contributed by atoms with Crippen LogP contribution in [-0.4, -0.2) is 9.78 Å². The topological polar surface area (TPSA) is 17.8 Å². The molecule has 0 radical (unpaired) electrons. The molecule has 1 heterocycles. The van der Waals surface area contributed by atoms with Crippen LogP contribution in [0.5, 0.6) is 0 Å². The molecule has 0 aliphatic heterocycles. The van der Waals surface area contributed by atoms with Gasteiger partial charge in [-0.05, 0) is 36.4 Å². The highest BCUT2D eigenvalue weighted by Crippen LogP contribution is 2.36. The molecule has 0 amide bonds. The van der Waals surface area contributed by atoms with Crippen molar-refractivity contribution in [2.24, 2.45) is 7.05 Å². The smallest absolute Gasteiger partial charge is 0.0818 e. The Hall–Kier alpha value is -1.23. The van der Waals surface area contributed by atoms with Gasteiger partial charge in [0.15, 0.2) is 0 Å². The lowest BCUT2D eigenvalue weighted by Gasteiger charge is -2.07. The molecule has 0 unspecified atom stereocenters. The predicted octanol–water partition coefficient (Wildman–Crippen LogP) is 5.65. The van der Waals surface area contributed by atoms with Crippen LogP contribution in [0, 0.1) is 0 Å². The molecule has 1 aromatic heterocycles. The Bertz CT molecular complexity index is 751. The van der Waals surface area contributed by atoms with Gasteiger partial charge in [-0.15, -0.1) is 0 Å². The average molecular weight is 380 g/mol. The van der Waals surface area contributed by atoms with Crippen LogP contribution in [-0.2, 0) is 7.05 Å². The van der Waals surface area contributed by atoms with Crippen molar-refractivity contribution in [1.82, 2.24) is 9.78 Å². The van der Waals surface area contributed by atoms with Gasteiger partial charge in [0.1, 0.15) is 0 Å². The van der Waals surface area contributed by atoms with Gasteiger partial charge in [-0.2, -0.15) is 5.10 Å². The summed E-state index contributed by atoms with van der Waals surface area (Å²) in [6.45, 7) is 0. The summed E-state index contributed by atoms with van der Waals surface area (Å²) in [6.07, 6.45) is 1.90. The van der Waals surface area contributed by atoms with E-state index in [0.29, 0.717) is 0 Å². The first kappa shape index (κ1) is 14.7. The van der Waals surface area contributed by atoms with E-state index in [-0.39, 0.29) is 0 Å². The Balaban J connectivity index is 1.97. The Kier molecular flexibility index (Phi) is 4.38. The van der Waals surface area contributed by atoms with Gasteiger partial charge >= 0.3 is 0 Å². The van der Waals surface area contributed by atoms with Crippen LogP contribution in [0.1, 0.15) is 0 Å².